The molecular weight excluding hydrogens is 440 g/mol. The average molecular weight is 481 g/mol. The molecule has 1 saturated heterocycles. The van der Waals surface area contributed by atoms with Crippen LogP contribution in [-0.2, 0) is 9.53 Å². The van der Waals surface area contributed by atoms with Crippen LogP contribution in [0.5, 0.6) is 11.5 Å². The molecule has 0 aromatic heterocycles. The number of nitrogens with zero attached hydrogens (tertiary/aromatic N) is 2. The van der Waals surface area contributed by atoms with Gasteiger partial charge in [-0.25, -0.2) is 0 Å². The number of carbonyl (C=O) groups is 1. The summed E-state index contributed by atoms with van der Waals surface area (Å²) in [7, 11) is 1.68. The van der Waals surface area contributed by atoms with E-state index in [0.717, 1.165) is 92.4 Å². The summed E-state index contributed by atoms with van der Waals surface area (Å²) in [6.45, 7) is 11.9. The lowest BCUT2D eigenvalue weighted by Crippen LogP contribution is -2.38. The Hall–Kier alpha value is -2.57. The van der Waals surface area contributed by atoms with Gasteiger partial charge in [-0.05, 0) is 74.1 Å². The molecule has 0 spiro atoms. The zero-order chi connectivity index (χ0) is 24.8. The Bertz CT molecular complexity index is 1010. The van der Waals surface area contributed by atoms with Crippen LogP contribution in [0.25, 0.3) is 11.1 Å². The molecule has 0 bridgehead atoms. The number of hydrogen-bond acceptors (Lipinski definition) is 5. The molecule has 1 amide bonds. The maximum Gasteiger partial charge on any atom is 0.230 e. The van der Waals surface area contributed by atoms with Crippen molar-refractivity contribution in [2.75, 3.05) is 58.0 Å². The lowest BCUT2D eigenvalue weighted by atomic mass is 9.96. The molecule has 6 heteroatoms. The number of amides is 1. The standard InChI is InChI=1S/C29H40N2O4/c1-5-31(29(32)23-8-6-7-9-23)26-19-25(18-21(2)22(26)3)24-10-11-27(28(20-24)33-4)35-17-14-30-12-15-34-16-13-30/h10-11,18-20,23H,5-9,12-17H2,1-4H3. The first kappa shape index (κ1) is 25.5. The fourth-order valence-corrected chi connectivity index (χ4v) is 5.20. The molecule has 2 aromatic rings. The van der Waals surface area contributed by atoms with E-state index in [-0.39, 0.29) is 11.8 Å². The molecule has 0 atom stereocenters. The third-order valence-electron chi connectivity index (χ3n) is 7.48. The number of aryl methyl sites for hydroxylation is 1. The number of anilines is 1. The first-order valence-corrected chi connectivity index (χ1v) is 13.1. The maximum absolute atomic E-state index is 13.3. The average Bonchev–Trinajstić information content (AvgIpc) is 3.43. The molecule has 35 heavy (non-hydrogen) atoms. The predicted molar refractivity (Wildman–Crippen MR) is 141 cm³/mol. The van der Waals surface area contributed by atoms with E-state index in [0.29, 0.717) is 13.2 Å². The molecule has 0 N–H and O–H groups in total. The molecule has 2 aliphatic rings. The van der Waals surface area contributed by atoms with Crippen LogP contribution in [0, 0.1) is 19.8 Å². The third-order valence-corrected chi connectivity index (χ3v) is 7.48. The summed E-state index contributed by atoms with van der Waals surface area (Å²) >= 11 is 0. The van der Waals surface area contributed by atoms with E-state index in [1.54, 1.807) is 7.11 Å². The van der Waals surface area contributed by atoms with Crippen LogP contribution in [0.15, 0.2) is 30.3 Å². The molecule has 1 heterocycles. The number of benzene rings is 2. The van der Waals surface area contributed by atoms with Gasteiger partial charge in [-0.15, -0.1) is 0 Å². The lowest BCUT2D eigenvalue weighted by molar-refractivity contribution is -0.122. The van der Waals surface area contributed by atoms with Gasteiger partial charge in [-0.2, -0.15) is 0 Å². The van der Waals surface area contributed by atoms with Crippen molar-refractivity contribution in [3.05, 3.63) is 41.5 Å². The highest BCUT2D eigenvalue weighted by Gasteiger charge is 2.28. The molecule has 2 fully saturated rings. The van der Waals surface area contributed by atoms with Crippen molar-refractivity contribution in [3.8, 4) is 22.6 Å². The number of ether oxygens (including phenoxy) is 3. The van der Waals surface area contributed by atoms with Crippen molar-refractivity contribution in [1.29, 1.82) is 0 Å². The number of carbonyl (C=O) groups excluding carboxylic acids is 1. The highest BCUT2D eigenvalue weighted by molar-refractivity contribution is 5.96. The SMILES string of the molecule is CCN(C(=O)C1CCCC1)c1cc(-c2ccc(OCCN3CCOCC3)c(OC)c2)cc(C)c1C. The van der Waals surface area contributed by atoms with Crippen LogP contribution in [0.3, 0.4) is 0 Å². The minimum absolute atomic E-state index is 0.160. The van der Waals surface area contributed by atoms with Gasteiger partial charge in [-0.3, -0.25) is 9.69 Å². The van der Waals surface area contributed by atoms with Gasteiger partial charge in [0.05, 0.1) is 20.3 Å². The molecule has 6 nitrogen and oxygen atoms in total. The third kappa shape index (κ3) is 5.99. The van der Waals surface area contributed by atoms with Gasteiger partial charge < -0.3 is 19.1 Å². The fraction of sp³-hybridized carbons (Fsp3) is 0.552. The molecule has 0 unspecified atom stereocenters. The van der Waals surface area contributed by atoms with E-state index in [9.17, 15) is 4.79 Å². The van der Waals surface area contributed by atoms with E-state index in [1.807, 2.05) is 17.0 Å². The summed E-state index contributed by atoms with van der Waals surface area (Å²) in [5, 5.41) is 0. The molecule has 1 aliphatic carbocycles. The van der Waals surface area contributed by atoms with Gasteiger partial charge in [0, 0.05) is 37.8 Å². The number of morpholine rings is 1. The second kappa shape index (κ2) is 11.9. The minimum Gasteiger partial charge on any atom is -0.493 e. The monoisotopic (exact) mass is 480 g/mol. The summed E-state index contributed by atoms with van der Waals surface area (Å²) in [4.78, 5) is 17.7. The van der Waals surface area contributed by atoms with Gasteiger partial charge in [0.15, 0.2) is 11.5 Å². The molecular formula is C29H40N2O4. The van der Waals surface area contributed by atoms with E-state index in [4.69, 9.17) is 14.2 Å². The molecule has 4 rings (SSSR count). The Morgan fingerprint density at radius 1 is 1.06 bits per heavy atom. The Balaban J connectivity index is 1.54. The Morgan fingerprint density at radius 3 is 2.49 bits per heavy atom. The van der Waals surface area contributed by atoms with Gasteiger partial charge in [0.1, 0.15) is 6.61 Å². The maximum atomic E-state index is 13.3. The lowest BCUT2D eigenvalue weighted by Gasteiger charge is -2.27. The van der Waals surface area contributed by atoms with Gasteiger partial charge >= 0.3 is 0 Å². The summed E-state index contributed by atoms with van der Waals surface area (Å²) < 4.78 is 17.2. The second-order valence-electron chi connectivity index (χ2n) is 9.67. The number of hydrogen-bond donors (Lipinski definition) is 0. The zero-order valence-electron chi connectivity index (χ0n) is 21.8. The second-order valence-corrected chi connectivity index (χ2v) is 9.67. The number of rotatable bonds is 9. The fourth-order valence-electron chi connectivity index (χ4n) is 5.20. The van der Waals surface area contributed by atoms with Crippen molar-refractivity contribution in [2.45, 2.75) is 46.5 Å². The van der Waals surface area contributed by atoms with Crippen LogP contribution in [0.2, 0.25) is 0 Å². The highest BCUT2D eigenvalue weighted by Crippen LogP contribution is 2.37. The van der Waals surface area contributed by atoms with E-state index < -0.39 is 0 Å². The van der Waals surface area contributed by atoms with Crippen LogP contribution in [0.4, 0.5) is 5.69 Å². The summed E-state index contributed by atoms with van der Waals surface area (Å²) in [6.07, 6.45) is 4.34. The van der Waals surface area contributed by atoms with Crippen LogP contribution < -0.4 is 14.4 Å². The van der Waals surface area contributed by atoms with Crippen molar-refractivity contribution >= 4 is 11.6 Å². The van der Waals surface area contributed by atoms with E-state index in [2.05, 4.69) is 43.9 Å². The molecule has 190 valence electrons. The van der Waals surface area contributed by atoms with Crippen molar-refractivity contribution in [2.24, 2.45) is 5.92 Å². The first-order chi connectivity index (χ1) is 17.0. The van der Waals surface area contributed by atoms with Gasteiger partial charge in [0.25, 0.3) is 0 Å². The Kier molecular flexibility index (Phi) is 8.69. The van der Waals surface area contributed by atoms with Crippen molar-refractivity contribution in [3.63, 3.8) is 0 Å². The summed E-state index contributed by atoms with van der Waals surface area (Å²) in [5.41, 5.74) is 5.50. The Morgan fingerprint density at radius 2 is 1.80 bits per heavy atom. The van der Waals surface area contributed by atoms with E-state index in [1.165, 1.54) is 5.56 Å². The molecule has 0 radical (unpaired) electrons. The largest absolute Gasteiger partial charge is 0.493 e. The topological polar surface area (TPSA) is 51.2 Å². The minimum atomic E-state index is 0.160. The quantitative estimate of drug-likeness (QED) is 0.492. The smallest absolute Gasteiger partial charge is 0.230 e. The summed E-state index contributed by atoms with van der Waals surface area (Å²) in [6, 6.07) is 10.5. The highest BCUT2D eigenvalue weighted by atomic mass is 16.5. The van der Waals surface area contributed by atoms with Crippen LogP contribution >= 0.6 is 0 Å². The van der Waals surface area contributed by atoms with Crippen molar-refractivity contribution in [1.82, 2.24) is 4.90 Å². The first-order valence-electron chi connectivity index (χ1n) is 13.1. The van der Waals surface area contributed by atoms with Crippen LogP contribution in [0.1, 0.15) is 43.7 Å². The van der Waals surface area contributed by atoms with Gasteiger partial charge in [-0.1, -0.05) is 25.0 Å². The molecule has 1 aliphatic heterocycles. The zero-order valence-corrected chi connectivity index (χ0v) is 21.8. The van der Waals surface area contributed by atoms with Crippen molar-refractivity contribution < 1.29 is 19.0 Å². The number of methoxy groups -OCH3 is 1. The Labute approximate surface area is 210 Å². The molecule has 2 aromatic carbocycles. The van der Waals surface area contributed by atoms with Gasteiger partial charge in [0.2, 0.25) is 5.91 Å². The predicted octanol–water partition coefficient (Wildman–Crippen LogP) is 5.23. The molecule has 1 saturated carbocycles. The summed E-state index contributed by atoms with van der Waals surface area (Å²) in [5.74, 6) is 1.90. The van der Waals surface area contributed by atoms with E-state index >= 15 is 0 Å². The van der Waals surface area contributed by atoms with Crippen LogP contribution in [-0.4, -0.2) is 63.9 Å². The normalized spacial score (nSPS) is 16.9.